The molecular weight excluding hydrogens is 396 g/mol. The summed E-state index contributed by atoms with van der Waals surface area (Å²) < 4.78 is 10.5. The third kappa shape index (κ3) is 5.13. The summed E-state index contributed by atoms with van der Waals surface area (Å²) in [6.45, 7) is -0.00459. The molecule has 2 amide bonds. The number of amides is 2. The van der Waals surface area contributed by atoms with Gasteiger partial charge in [0.25, 0.3) is 11.8 Å². The third-order valence-corrected chi connectivity index (χ3v) is 4.26. The van der Waals surface area contributed by atoms with Crippen LogP contribution >= 0.6 is 0 Å². The standard InChI is InChI=1S/C23H18N4O4/c28-22(17-10-5-2-6-11-17)25-19(14-18-12-7-13-30-18)23(29)24-15-20-26-21(27-31-20)16-8-3-1-4-9-16/h1-14H,15H2,(H,24,29)(H,25,28)/b19-14-. The first-order chi connectivity index (χ1) is 15.2. The van der Waals surface area contributed by atoms with E-state index >= 15 is 0 Å². The lowest BCUT2D eigenvalue weighted by Gasteiger charge is -2.09. The van der Waals surface area contributed by atoms with E-state index in [9.17, 15) is 9.59 Å². The molecule has 0 unspecified atom stereocenters. The Labute approximate surface area is 177 Å². The van der Waals surface area contributed by atoms with Crippen LogP contribution in [-0.4, -0.2) is 22.0 Å². The Kier molecular flexibility index (Phi) is 5.99. The molecule has 8 heteroatoms. The van der Waals surface area contributed by atoms with Gasteiger partial charge in [0.1, 0.15) is 11.5 Å². The number of nitrogens with zero attached hydrogens (tertiary/aromatic N) is 2. The maximum Gasteiger partial charge on any atom is 0.268 e. The Morgan fingerprint density at radius 2 is 1.68 bits per heavy atom. The molecule has 0 bridgehead atoms. The summed E-state index contributed by atoms with van der Waals surface area (Å²) in [5.41, 5.74) is 1.24. The van der Waals surface area contributed by atoms with E-state index in [1.54, 1.807) is 42.5 Å². The molecular formula is C23H18N4O4. The molecule has 0 saturated heterocycles. The molecule has 0 radical (unpaired) electrons. The number of rotatable bonds is 7. The first-order valence-corrected chi connectivity index (χ1v) is 9.47. The molecule has 8 nitrogen and oxygen atoms in total. The second kappa shape index (κ2) is 9.36. The lowest BCUT2D eigenvalue weighted by Crippen LogP contribution is -2.34. The van der Waals surface area contributed by atoms with E-state index in [2.05, 4.69) is 20.8 Å². The molecule has 2 heterocycles. The van der Waals surface area contributed by atoms with Crippen LogP contribution in [0.5, 0.6) is 0 Å². The highest BCUT2D eigenvalue weighted by Crippen LogP contribution is 2.15. The molecule has 0 saturated carbocycles. The van der Waals surface area contributed by atoms with E-state index in [1.165, 1.54) is 12.3 Å². The molecule has 0 atom stereocenters. The SMILES string of the molecule is O=C(NCc1nc(-c2ccccc2)no1)/C(=C/c1ccco1)NC(=O)c1ccccc1. The van der Waals surface area contributed by atoms with Gasteiger partial charge in [0.15, 0.2) is 0 Å². The van der Waals surface area contributed by atoms with Gasteiger partial charge in [-0.15, -0.1) is 0 Å². The van der Waals surface area contributed by atoms with Crippen LogP contribution in [0.3, 0.4) is 0 Å². The van der Waals surface area contributed by atoms with Crippen LogP contribution in [-0.2, 0) is 11.3 Å². The summed E-state index contributed by atoms with van der Waals surface area (Å²) >= 11 is 0. The number of furan rings is 1. The third-order valence-electron chi connectivity index (χ3n) is 4.26. The van der Waals surface area contributed by atoms with Crippen LogP contribution in [0.15, 0.2) is 93.7 Å². The van der Waals surface area contributed by atoms with Gasteiger partial charge in [-0.2, -0.15) is 4.98 Å². The predicted octanol–water partition coefficient (Wildman–Crippen LogP) is 3.42. The topological polar surface area (TPSA) is 110 Å². The van der Waals surface area contributed by atoms with Crippen molar-refractivity contribution in [3.8, 4) is 11.4 Å². The number of carbonyl (C=O) groups is 2. The van der Waals surface area contributed by atoms with Gasteiger partial charge < -0.3 is 19.6 Å². The molecule has 0 aliphatic heterocycles. The quantitative estimate of drug-likeness (QED) is 0.449. The summed E-state index contributed by atoms with van der Waals surface area (Å²) in [5, 5.41) is 9.22. The normalized spacial score (nSPS) is 11.2. The number of aromatic nitrogens is 2. The van der Waals surface area contributed by atoms with Crippen molar-refractivity contribution in [3.63, 3.8) is 0 Å². The molecule has 154 valence electrons. The van der Waals surface area contributed by atoms with E-state index in [0.717, 1.165) is 5.56 Å². The minimum atomic E-state index is -0.528. The Morgan fingerprint density at radius 3 is 2.39 bits per heavy atom. The molecule has 31 heavy (non-hydrogen) atoms. The predicted molar refractivity (Wildman–Crippen MR) is 112 cm³/mol. The Morgan fingerprint density at radius 1 is 0.935 bits per heavy atom. The zero-order valence-electron chi connectivity index (χ0n) is 16.3. The first kappa shape index (κ1) is 19.8. The largest absolute Gasteiger partial charge is 0.465 e. The second-order valence-corrected chi connectivity index (χ2v) is 6.45. The van der Waals surface area contributed by atoms with Crippen LogP contribution in [0.2, 0.25) is 0 Å². The summed E-state index contributed by atoms with van der Waals surface area (Å²) in [7, 11) is 0. The van der Waals surface area contributed by atoms with Crippen molar-refractivity contribution in [3.05, 3.63) is 102 Å². The van der Waals surface area contributed by atoms with Crippen LogP contribution in [0.1, 0.15) is 22.0 Å². The fourth-order valence-corrected chi connectivity index (χ4v) is 2.74. The van der Waals surface area contributed by atoms with Gasteiger partial charge in [0.05, 0.1) is 12.8 Å². The fourth-order valence-electron chi connectivity index (χ4n) is 2.74. The summed E-state index contributed by atoms with van der Waals surface area (Å²) in [6.07, 6.45) is 2.92. The van der Waals surface area contributed by atoms with E-state index in [4.69, 9.17) is 8.94 Å². The Balaban J connectivity index is 1.46. The second-order valence-electron chi connectivity index (χ2n) is 6.45. The molecule has 4 rings (SSSR count). The number of hydrogen-bond acceptors (Lipinski definition) is 6. The van der Waals surface area contributed by atoms with Gasteiger partial charge in [0.2, 0.25) is 11.7 Å². The van der Waals surface area contributed by atoms with Crippen LogP contribution < -0.4 is 10.6 Å². The monoisotopic (exact) mass is 414 g/mol. The summed E-state index contributed by atoms with van der Waals surface area (Å²) in [6, 6.07) is 21.3. The molecule has 2 N–H and O–H groups in total. The number of nitrogens with one attached hydrogen (secondary N) is 2. The van der Waals surface area contributed by atoms with Gasteiger partial charge in [0, 0.05) is 17.2 Å². The smallest absolute Gasteiger partial charge is 0.268 e. The maximum atomic E-state index is 12.8. The van der Waals surface area contributed by atoms with Crippen LogP contribution in [0, 0.1) is 0 Å². The Bertz CT molecular complexity index is 1180. The molecule has 0 fully saturated rings. The van der Waals surface area contributed by atoms with Crippen molar-refractivity contribution in [2.45, 2.75) is 6.54 Å². The van der Waals surface area contributed by atoms with E-state index < -0.39 is 11.8 Å². The highest BCUT2D eigenvalue weighted by atomic mass is 16.5. The van der Waals surface area contributed by atoms with Gasteiger partial charge in [-0.25, -0.2) is 0 Å². The van der Waals surface area contributed by atoms with Gasteiger partial charge in [-0.05, 0) is 24.3 Å². The van der Waals surface area contributed by atoms with Crippen molar-refractivity contribution in [1.82, 2.24) is 20.8 Å². The van der Waals surface area contributed by atoms with Crippen molar-refractivity contribution in [2.75, 3.05) is 0 Å². The van der Waals surface area contributed by atoms with E-state index in [1.807, 2.05) is 30.3 Å². The van der Waals surface area contributed by atoms with E-state index in [-0.39, 0.29) is 18.1 Å². The molecule has 0 spiro atoms. The number of carbonyl (C=O) groups excluding carboxylic acids is 2. The molecule has 2 aromatic carbocycles. The average Bonchev–Trinajstić information content (AvgIpc) is 3.50. The van der Waals surface area contributed by atoms with Crippen molar-refractivity contribution < 1.29 is 18.5 Å². The van der Waals surface area contributed by atoms with Crippen molar-refractivity contribution in [2.24, 2.45) is 0 Å². The molecule has 0 aliphatic rings. The lowest BCUT2D eigenvalue weighted by atomic mass is 10.2. The summed E-state index contributed by atoms with van der Waals surface area (Å²) in [5.74, 6) is 0.132. The number of hydrogen-bond donors (Lipinski definition) is 2. The number of benzene rings is 2. The van der Waals surface area contributed by atoms with Gasteiger partial charge in [-0.3, -0.25) is 9.59 Å². The maximum absolute atomic E-state index is 12.8. The zero-order valence-corrected chi connectivity index (χ0v) is 16.3. The van der Waals surface area contributed by atoms with Crippen molar-refractivity contribution in [1.29, 1.82) is 0 Å². The molecule has 0 aliphatic carbocycles. The highest BCUT2D eigenvalue weighted by molar-refractivity contribution is 6.05. The molecule has 4 aromatic rings. The minimum Gasteiger partial charge on any atom is -0.465 e. The Hall–Kier alpha value is -4.46. The van der Waals surface area contributed by atoms with Crippen LogP contribution in [0.25, 0.3) is 17.5 Å². The summed E-state index contributed by atoms with van der Waals surface area (Å²) in [4.78, 5) is 29.6. The zero-order chi connectivity index (χ0) is 21.5. The average molecular weight is 414 g/mol. The minimum absolute atomic E-state index is 0.00459. The lowest BCUT2D eigenvalue weighted by molar-refractivity contribution is -0.118. The van der Waals surface area contributed by atoms with E-state index in [0.29, 0.717) is 17.1 Å². The first-order valence-electron chi connectivity index (χ1n) is 9.47. The van der Waals surface area contributed by atoms with Gasteiger partial charge in [-0.1, -0.05) is 53.7 Å². The molecule has 2 aromatic heterocycles. The fraction of sp³-hybridized carbons (Fsp3) is 0.0435. The highest BCUT2D eigenvalue weighted by Gasteiger charge is 2.16. The van der Waals surface area contributed by atoms with Gasteiger partial charge >= 0.3 is 0 Å². The van der Waals surface area contributed by atoms with Crippen LogP contribution in [0.4, 0.5) is 0 Å². The van der Waals surface area contributed by atoms with Crippen molar-refractivity contribution >= 4 is 17.9 Å².